The standard InChI is InChI=1S/C13H23N5O2/c1-11-15-16-17-18(11)9-6-12(20)14-13(10-19)7-4-2-3-5-8-13/h19H,2-10H2,1H3,(H,14,20). The Morgan fingerprint density at radius 1 is 1.35 bits per heavy atom. The molecule has 1 amide bonds. The van der Waals surface area contributed by atoms with Crippen molar-refractivity contribution < 1.29 is 9.90 Å². The first-order chi connectivity index (χ1) is 9.65. The Morgan fingerprint density at radius 3 is 2.60 bits per heavy atom. The van der Waals surface area contributed by atoms with E-state index in [0.29, 0.717) is 18.8 Å². The highest BCUT2D eigenvalue weighted by molar-refractivity contribution is 5.76. The summed E-state index contributed by atoms with van der Waals surface area (Å²) in [5, 5.41) is 23.8. The van der Waals surface area contributed by atoms with Crippen LogP contribution in [0.4, 0.5) is 0 Å². The average Bonchev–Trinajstić information content (AvgIpc) is 2.71. The van der Waals surface area contributed by atoms with Crippen LogP contribution in [0.2, 0.25) is 0 Å². The molecule has 1 fully saturated rings. The van der Waals surface area contributed by atoms with Gasteiger partial charge in [0.15, 0.2) is 0 Å². The fourth-order valence-corrected chi connectivity index (χ4v) is 2.75. The minimum absolute atomic E-state index is 0.0165. The summed E-state index contributed by atoms with van der Waals surface area (Å²) in [7, 11) is 0. The third-order valence-corrected chi connectivity index (χ3v) is 4.03. The molecule has 2 rings (SSSR count). The molecule has 1 aliphatic rings. The van der Waals surface area contributed by atoms with Gasteiger partial charge in [-0.25, -0.2) is 4.68 Å². The summed E-state index contributed by atoms with van der Waals surface area (Å²) >= 11 is 0. The van der Waals surface area contributed by atoms with E-state index >= 15 is 0 Å². The van der Waals surface area contributed by atoms with E-state index in [1.165, 1.54) is 12.8 Å². The molecular formula is C13H23N5O2. The summed E-state index contributed by atoms with van der Waals surface area (Å²) in [6.45, 7) is 2.28. The summed E-state index contributed by atoms with van der Waals surface area (Å²) in [6.07, 6.45) is 6.54. The van der Waals surface area contributed by atoms with Crippen molar-refractivity contribution in [3.63, 3.8) is 0 Å². The van der Waals surface area contributed by atoms with Crippen LogP contribution in [-0.2, 0) is 11.3 Å². The Hall–Kier alpha value is -1.50. The molecule has 1 aliphatic carbocycles. The van der Waals surface area contributed by atoms with E-state index < -0.39 is 5.54 Å². The van der Waals surface area contributed by atoms with E-state index in [1.54, 1.807) is 11.6 Å². The van der Waals surface area contributed by atoms with Crippen LogP contribution < -0.4 is 5.32 Å². The number of carbonyl (C=O) groups excluding carboxylic acids is 1. The number of aliphatic hydroxyl groups excluding tert-OH is 1. The fourth-order valence-electron chi connectivity index (χ4n) is 2.75. The first kappa shape index (κ1) is 14.9. The van der Waals surface area contributed by atoms with Crippen LogP contribution in [0.3, 0.4) is 0 Å². The maximum absolute atomic E-state index is 12.1. The third-order valence-electron chi connectivity index (χ3n) is 4.03. The van der Waals surface area contributed by atoms with Crippen molar-refractivity contribution >= 4 is 5.91 Å². The molecule has 1 saturated carbocycles. The van der Waals surface area contributed by atoms with E-state index in [2.05, 4.69) is 20.8 Å². The lowest BCUT2D eigenvalue weighted by atomic mass is 9.91. The number of aromatic nitrogens is 4. The van der Waals surface area contributed by atoms with E-state index in [0.717, 1.165) is 25.7 Å². The molecule has 1 aromatic heterocycles. The lowest BCUT2D eigenvalue weighted by molar-refractivity contribution is -0.124. The second kappa shape index (κ2) is 6.78. The van der Waals surface area contributed by atoms with Crippen LogP contribution in [-0.4, -0.2) is 43.4 Å². The van der Waals surface area contributed by atoms with Gasteiger partial charge in [0, 0.05) is 6.42 Å². The topological polar surface area (TPSA) is 92.9 Å². The number of tetrazole rings is 1. The van der Waals surface area contributed by atoms with Crippen molar-refractivity contribution in [2.75, 3.05) is 6.61 Å². The smallest absolute Gasteiger partial charge is 0.222 e. The average molecular weight is 281 g/mol. The van der Waals surface area contributed by atoms with Gasteiger partial charge in [-0.05, 0) is 30.2 Å². The molecule has 20 heavy (non-hydrogen) atoms. The normalized spacial score (nSPS) is 18.5. The number of rotatable bonds is 5. The largest absolute Gasteiger partial charge is 0.394 e. The Bertz CT molecular complexity index is 438. The molecule has 0 atom stereocenters. The molecule has 0 aliphatic heterocycles. The number of hydrogen-bond acceptors (Lipinski definition) is 5. The molecule has 1 heterocycles. The second-order valence-corrected chi connectivity index (χ2v) is 5.60. The highest BCUT2D eigenvalue weighted by Gasteiger charge is 2.31. The zero-order valence-electron chi connectivity index (χ0n) is 12.0. The van der Waals surface area contributed by atoms with Gasteiger partial charge >= 0.3 is 0 Å². The monoisotopic (exact) mass is 281 g/mol. The molecule has 2 N–H and O–H groups in total. The Labute approximate surface area is 118 Å². The van der Waals surface area contributed by atoms with Crippen LogP contribution in [0, 0.1) is 6.92 Å². The molecule has 0 spiro atoms. The van der Waals surface area contributed by atoms with Gasteiger partial charge in [0.2, 0.25) is 5.91 Å². The van der Waals surface area contributed by atoms with E-state index in [1.807, 2.05) is 0 Å². The quantitative estimate of drug-likeness (QED) is 0.770. The number of aryl methyl sites for hydroxylation is 2. The Morgan fingerprint density at radius 2 is 2.05 bits per heavy atom. The molecule has 7 heteroatoms. The number of amides is 1. The zero-order chi connectivity index (χ0) is 14.4. The second-order valence-electron chi connectivity index (χ2n) is 5.60. The first-order valence-electron chi connectivity index (χ1n) is 7.30. The maximum Gasteiger partial charge on any atom is 0.222 e. The molecule has 0 aromatic carbocycles. The number of aliphatic hydroxyl groups is 1. The summed E-state index contributed by atoms with van der Waals surface area (Å²) in [5.41, 5.74) is -0.427. The van der Waals surface area contributed by atoms with Gasteiger partial charge in [0.25, 0.3) is 0 Å². The van der Waals surface area contributed by atoms with Gasteiger partial charge in [-0.3, -0.25) is 4.79 Å². The summed E-state index contributed by atoms with van der Waals surface area (Å²) in [4.78, 5) is 12.1. The Kier molecular flexibility index (Phi) is 5.05. The minimum Gasteiger partial charge on any atom is -0.394 e. The van der Waals surface area contributed by atoms with Gasteiger partial charge < -0.3 is 10.4 Å². The predicted molar refractivity (Wildman–Crippen MR) is 72.8 cm³/mol. The van der Waals surface area contributed by atoms with E-state index in [9.17, 15) is 9.90 Å². The lowest BCUT2D eigenvalue weighted by Crippen LogP contribution is -2.51. The van der Waals surface area contributed by atoms with Gasteiger partial charge in [0.1, 0.15) is 5.82 Å². The number of nitrogens with one attached hydrogen (secondary N) is 1. The summed E-state index contributed by atoms with van der Waals surface area (Å²) < 4.78 is 1.61. The molecule has 0 saturated heterocycles. The van der Waals surface area contributed by atoms with Crippen molar-refractivity contribution in [3.8, 4) is 0 Å². The highest BCUT2D eigenvalue weighted by atomic mass is 16.3. The first-order valence-corrected chi connectivity index (χ1v) is 7.30. The van der Waals surface area contributed by atoms with Crippen LogP contribution in [0.15, 0.2) is 0 Å². The van der Waals surface area contributed by atoms with Crippen molar-refractivity contribution in [3.05, 3.63) is 5.82 Å². The van der Waals surface area contributed by atoms with Crippen molar-refractivity contribution in [1.29, 1.82) is 0 Å². The van der Waals surface area contributed by atoms with E-state index in [4.69, 9.17) is 0 Å². The maximum atomic E-state index is 12.1. The number of carbonyl (C=O) groups is 1. The van der Waals surface area contributed by atoms with Gasteiger partial charge in [0.05, 0.1) is 18.7 Å². The minimum atomic E-state index is -0.427. The van der Waals surface area contributed by atoms with E-state index in [-0.39, 0.29) is 12.5 Å². The van der Waals surface area contributed by atoms with Gasteiger partial charge in [-0.2, -0.15) is 0 Å². The fraction of sp³-hybridized carbons (Fsp3) is 0.846. The van der Waals surface area contributed by atoms with Crippen LogP contribution in [0.1, 0.15) is 50.8 Å². The molecule has 0 bridgehead atoms. The number of nitrogens with zero attached hydrogens (tertiary/aromatic N) is 4. The zero-order valence-corrected chi connectivity index (χ0v) is 12.0. The lowest BCUT2D eigenvalue weighted by Gasteiger charge is -2.32. The highest BCUT2D eigenvalue weighted by Crippen LogP contribution is 2.26. The van der Waals surface area contributed by atoms with Gasteiger partial charge in [-0.1, -0.05) is 25.7 Å². The summed E-state index contributed by atoms with van der Waals surface area (Å²) in [5.74, 6) is 0.653. The molecule has 0 unspecified atom stereocenters. The van der Waals surface area contributed by atoms with Gasteiger partial charge in [-0.15, -0.1) is 5.10 Å². The number of hydrogen-bond donors (Lipinski definition) is 2. The van der Waals surface area contributed by atoms with Crippen molar-refractivity contribution in [2.45, 2.75) is 64.0 Å². The SMILES string of the molecule is Cc1nnnn1CCC(=O)NC1(CO)CCCCCC1. The summed E-state index contributed by atoms with van der Waals surface area (Å²) in [6, 6.07) is 0. The Balaban J connectivity index is 1.87. The van der Waals surface area contributed by atoms with Crippen molar-refractivity contribution in [1.82, 2.24) is 25.5 Å². The van der Waals surface area contributed by atoms with Crippen LogP contribution >= 0.6 is 0 Å². The van der Waals surface area contributed by atoms with Crippen molar-refractivity contribution in [2.24, 2.45) is 0 Å². The van der Waals surface area contributed by atoms with Crippen LogP contribution in [0.25, 0.3) is 0 Å². The molecule has 0 radical (unpaired) electrons. The third kappa shape index (κ3) is 3.75. The molecular weight excluding hydrogens is 258 g/mol. The molecule has 112 valence electrons. The molecule has 1 aromatic rings. The predicted octanol–water partition coefficient (Wildman–Crippen LogP) is 0.573. The molecule has 7 nitrogen and oxygen atoms in total. The van der Waals surface area contributed by atoms with Crippen LogP contribution in [0.5, 0.6) is 0 Å².